The van der Waals surface area contributed by atoms with Crippen molar-refractivity contribution in [2.75, 3.05) is 5.32 Å². The summed E-state index contributed by atoms with van der Waals surface area (Å²) in [5.74, 6) is -1.99. The Bertz CT molecular complexity index is 470. The van der Waals surface area contributed by atoms with E-state index in [9.17, 15) is 23.1 Å². The maximum atomic E-state index is 12.3. The Balaban J connectivity index is 2.96. The second-order valence-electron chi connectivity index (χ2n) is 4.68. The second kappa shape index (κ2) is 6.74. The van der Waals surface area contributed by atoms with E-state index in [4.69, 9.17) is 0 Å². The van der Waals surface area contributed by atoms with E-state index in [0.717, 1.165) is 12.0 Å². The van der Waals surface area contributed by atoms with Gasteiger partial charge in [-0.1, -0.05) is 19.1 Å². The zero-order valence-corrected chi connectivity index (χ0v) is 11.4. The van der Waals surface area contributed by atoms with Crippen LogP contribution in [0.3, 0.4) is 0 Å². The molecule has 0 aliphatic rings. The Labute approximate surface area is 115 Å². The second-order valence-corrected chi connectivity index (χ2v) is 4.68. The number of halogens is 3. The summed E-state index contributed by atoms with van der Waals surface area (Å²) in [6, 6.07) is 4.91. The molecule has 0 aliphatic carbocycles. The summed E-state index contributed by atoms with van der Waals surface area (Å²) in [4.78, 5) is 11.0. The number of aliphatic hydroxyl groups excluding tert-OH is 1. The summed E-state index contributed by atoms with van der Waals surface area (Å²) in [5, 5.41) is 11.2. The normalized spacial score (nSPS) is 13.1. The molecule has 0 aromatic heterocycles. The van der Waals surface area contributed by atoms with Crippen LogP contribution in [0.5, 0.6) is 0 Å². The summed E-state index contributed by atoms with van der Waals surface area (Å²) < 4.78 is 36.8. The zero-order chi connectivity index (χ0) is 15.3. The quantitative estimate of drug-likeness (QED) is 0.875. The highest BCUT2D eigenvalue weighted by atomic mass is 19.4. The number of aliphatic hydroxyl groups is 1. The fourth-order valence-corrected chi connectivity index (χ4v) is 1.75. The number of carbonyl (C=O) groups is 1. The minimum Gasteiger partial charge on any atom is -0.393 e. The number of amides is 1. The summed E-state index contributed by atoms with van der Waals surface area (Å²) in [7, 11) is 0. The van der Waals surface area contributed by atoms with E-state index < -0.39 is 18.2 Å². The van der Waals surface area contributed by atoms with Crippen LogP contribution in [0.4, 0.5) is 18.9 Å². The summed E-state index contributed by atoms with van der Waals surface area (Å²) in [5.41, 5.74) is 1.71. The highest BCUT2D eigenvalue weighted by molar-refractivity contribution is 5.95. The van der Waals surface area contributed by atoms with Crippen molar-refractivity contribution < 1.29 is 23.1 Å². The Kier molecular flexibility index (Phi) is 5.56. The lowest BCUT2D eigenvalue weighted by molar-refractivity contribution is -0.167. The minimum atomic E-state index is -4.91. The maximum Gasteiger partial charge on any atom is 0.471 e. The number of hydrogen-bond donors (Lipinski definition) is 2. The van der Waals surface area contributed by atoms with Gasteiger partial charge in [0.05, 0.1) is 6.10 Å². The van der Waals surface area contributed by atoms with Gasteiger partial charge in [0.15, 0.2) is 0 Å². The molecule has 1 unspecified atom stereocenters. The van der Waals surface area contributed by atoms with Crippen LogP contribution in [0, 0.1) is 0 Å². The molecular formula is C14H18F3NO2. The molecule has 112 valence electrons. The van der Waals surface area contributed by atoms with Gasteiger partial charge < -0.3 is 10.4 Å². The number of hydrogen-bond acceptors (Lipinski definition) is 2. The van der Waals surface area contributed by atoms with Crippen LogP contribution in [-0.2, 0) is 17.6 Å². The maximum absolute atomic E-state index is 12.3. The topological polar surface area (TPSA) is 49.3 Å². The van der Waals surface area contributed by atoms with E-state index in [1.807, 2.05) is 12.2 Å². The number of rotatable bonds is 5. The van der Waals surface area contributed by atoms with E-state index in [1.165, 1.54) is 6.07 Å². The lowest BCUT2D eigenvalue weighted by Crippen LogP contribution is -2.30. The van der Waals surface area contributed by atoms with Gasteiger partial charge in [-0.2, -0.15) is 13.2 Å². The molecule has 1 amide bonds. The van der Waals surface area contributed by atoms with Crippen LogP contribution in [-0.4, -0.2) is 23.3 Å². The van der Waals surface area contributed by atoms with Gasteiger partial charge in [0, 0.05) is 5.69 Å². The van der Waals surface area contributed by atoms with Crippen molar-refractivity contribution in [3.8, 4) is 0 Å². The SMILES string of the molecule is CCc1ccc(NC(=O)C(F)(F)F)c(CCC(C)O)c1. The molecule has 3 nitrogen and oxygen atoms in total. The van der Waals surface area contributed by atoms with E-state index in [0.29, 0.717) is 18.4 Å². The van der Waals surface area contributed by atoms with E-state index >= 15 is 0 Å². The van der Waals surface area contributed by atoms with Crippen LogP contribution >= 0.6 is 0 Å². The van der Waals surface area contributed by atoms with Crippen molar-refractivity contribution in [3.05, 3.63) is 29.3 Å². The molecule has 2 N–H and O–H groups in total. The molecular weight excluding hydrogens is 271 g/mol. The average molecular weight is 289 g/mol. The van der Waals surface area contributed by atoms with Crippen LogP contribution in [0.15, 0.2) is 18.2 Å². The standard InChI is InChI=1S/C14H18F3NO2/c1-3-10-5-7-12(18-13(20)14(15,16)17)11(8-10)6-4-9(2)19/h5,7-9,19H,3-4,6H2,1-2H3,(H,18,20). The first-order chi connectivity index (χ1) is 9.24. The number of nitrogens with one attached hydrogen (secondary N) is 1. The van der Waals surface area contributed by atoms with Crippen LogP contribution in [0.2, 0.25) is 0 Å². The lowest BCUT2D eigenvalue weighted by Gasteiger charge is -2.14. The number of carbonyl (C=O) groups excluding carboxylic acids is 1. The largest absolute Gasteiger partial charge is 0.471 e. The number of alkyl halides is 3. The summed E-state index contributed by atoms with van der Waals surface area (Å²) >= 11 is 0. The predicted octanol–water partition coefficient (Wildman–Crippen LogP) is 3.06. The van der Waals surface area contributed by atoms with Crippen molar-refractivity contribution in [1.29, 1.82) is 0 Å². The molecule has 0 heterocycles. The van der Waals surface area contributed by atoms with Crippen molar-refractivity contribution in [3.63, 3.8) is 0 Å². The molecule has 0 spiro atoms. The average Bonchev–Trinajstić information content (AvgIpc) is 2.36. The summed E-state index contributed by atoms with van der Waals surface area (Å²) in [6.07, 6.45) is -3.90. The molecule has 0 radical (unpaired) electrons. The highest BCUT2D eigenvalue weighted by Crippen LogP contribution is 2.23. The number of benzene rings is 1. The van der Waals surface area contributed by atoms with Crippen LogP contribution < -0.4 is 5.32 Å². The first-order valence-electron chi connectivity index (χ1n) is 6.42. The van der Waals surface area contributed by atoms with Crippen molar-refractivity contribution >= 4 is 11.6 Å². The fourth-order valence-electron chi connectivity index (χ4n) is 1.75. The van der Waals surface area contributed by atoms with Crippen molar-refractivity contribution in [1.82, 2.24) is 0 Å². The molecule has 0 saturated carbocycles. The Hall–Kier alpha value is -1.56. The number of aryl methyl sites for hydroxylation is 2. The Morgan fingerprint density at radius 1 is 1.40 bits per heavy atom. The van der Waals surface area contributed by atoms with Crippen LogP contribution in [0.25, 0.3) is 0 Å². The summed E-state index contributed by atoms with van der Waals surface area (Å²) in [6.45, 7) is 3.54. The fraction of sp³-hybridized carbons (Fsp3) is 0.500. The third-order valence-corrected chi connectivity index (χ3v) is 2.92. The van der Waals surface area contributed by atoms with E-state index in [1.54, 1.807) is 19.1 Å². The molecule has 1 aromatic carbocycles. The molecule has 6 heteroatoms. The van der Waals surface area contributed by atoms with Gasteiger partial charge >= 0.3 is 12.1 Å². The molecule has 0 fully saturated rings. The lowest BCUT2D eigenvalue weighted by atomic mass is 10.0. The van der Waals surface area contributed by atoms with Gasteiger partial charge in [0.25, 0.3) is 0 Å². The first-order valence-corrected chi connectivity index (χ1v) is 6.42. The number of anilines is 1. The van der Waals surface area contributed by atoms with Gasteiger partial charge in [-0.3, -0.25) is 4.79 Å². The smallest absolute Gasteiger partial charge is 0.393 e. The predicted molar refractivity (Wildman–Crippen MR) is 70.5 cm³/mol. The Morgan fingerprint density at radius 2 is 2.05 bits per heavy atom. The first kappa shape index (κ1) is 16.5. The monoisotopic (exact) mass is 289 g/mol. The van der Waals surface area contributed by atoms with Crippen molar-refractivity contribution in [2.24, 2.45) is 0 Å². The van der Waals surface area contributed by atoms with Gasteiger partial charge in [0.2, 0.25) is 0 Å². The van der Waals surface area contributed by atoms with Gasteiger partial charge in [-0.15, -0.1) is 0 Å². The van der Waals surface area contributed by atoms with E-state index in [2.05, 4.69) is 0 Å². The van der Waals surface area contributed by atoms with Crippen molar-refractivity contribution in [2.45, 2.75) is 45.4 Å². The third kappa shape index (κ3) is 4.85. The third-order valence-electron chi connectivity index (χ3n) is 2.92. The minimum absolute atomic E-state index is 0.144. The molecule has 0 saturated heterocycles. The van der Waals surface area contributed by atoms with Gasteiger partial charge in [-0.05, 0) is 43.4 Å². The molecule has 1 aromatic rings. The molecule has 0 aliphatic heterocycles. The van der Waals surface area contributed by atoms with Crippen LogP contribution in [0.1, 0.15) is 31.4 Å². The molecule has 1 rings (SSSR count). The van der Waals surface area contributed by atoms with Gasteiger partial charge in [-0.25, -0.2) is 0 Å². The highest BCUT2D eigenvalue weighted by Gasteiger charge is 2.38. The van der Waals surface area contributed by atoms with E-state index in [-0.39, 0.29) is 5.69 Å². The van der Waals surface area contributed by atoms with Gasteiger partial charge in [0.1, 0.15) is 0 Å². The molecule has 0 bridgehead atoms. The Morgan fingerprint density at radius 3 is 2.55 bits per heavy atom. The zero-order valence-electron chi connectivity index (χ0n) is 11.4. The molecule has 1 atom stereocenters. The molecule has 20 heavy (non-hydrogen) atoms.